The standard InChI is InChI=1S/C16H18N4O4/c1-19-14(12(8-17)15(22)20(2)16(19)23)18-9-13(21)10-4-6-11(24-3)7-5-10/h4-7,13,18,21H,9H2,1-3H3/t13-/m1/s1. The van der Waals surface area contributed by atoms with Gasteiger partial charge >= 0.3 is 5.69 Å². The van der Waals surface area contributed by atoms with Gasteiger partial charge in [0.15, 0.2) is 5.56 Å². The lowest BCUT2D eigenvalue weighted by Gasteiger charge is -2.17. The average Bonchev–Trinajstić information content (AvgIpc) is 2.61. The van der Waals surface area contributed by atoms with Crippen molar-refractivity contribution in [1.82, 2.24) is 9.13 Å². The van der Waals surface area contributed by atoms with Crippen LogP contribution in [0.2, 0.25) is 0 Å². The SMILES string of the molecule is COc1ccc([C@H](O)CNc2c(C#N)c(=O)n(C)c(=O)n2C)cc1. The van der Waals surface area contributed by atoms with E-state index in [2.05, 4.69) is 5.32 Å². The highest BCUT2D eigenvalue weighted by atomic mass is 16.5. The number of aliphatic hydroxyl groups is 1. The smallest absolute Gasteiger partial charge is 0.332 e. The molecule has 1 aromatic carbocycles. The van der Waals surface area contributed by atoms with Crippen molar-refractivity contribution in [2.75, 3.05) is 19.0 Å². The summed E-state index contributed by atoms with van der Waals surface area (Å²) in [5.74, 6) is 0.748. The second-order valence-corrected chi connectivity index (χ2v) is 5.21. The van der Waals surface area contributed by atoms with Gasteiger partial charge in [-0.05, 0) is 17.7 Å². The monoisotopic (exact) mass is 330 g/mol. The highest BCUT2D eigenvalue weighted by Gasteiger charge is 2.16. The van der Waals surface area contributed by atoms with Gasteiger partial charge in [0.1, 0.15) is 17.6 Å². The summed E-state index contributed by atoms with van der Waals surface area (Å²) in [5.41, 5.74) is -0.778. The summed E-state index contributed by atoms with van der Waals surface area (Å²) in [6, 6.07) is 8.64. The van der Waals surface area contributed by atoms with Crippen LogP contribution in [0.3, 0.4) is 0 Å². The zero-order valence-corrected chi connectivity index (χ0v) is 13.6. The van der Waals surface area contributed by atoms with Crippen LogP contribution in [-0.2, 0) is 14.1 Å². The first-order chi connectivity index (χ1) is 11.4. The van der Waals surface area contributed by atoms with E-state index in [9.17, 15) is 20.0 Å². The summed E-state index contributed by atoms with van der Waals surface area (Å²) >= 11 is 0. The normalized spacial score (nSPS) is 11.6. The first kappa shape index (κ1) is 17.3. The summed E-state index contributed by atoms with van der Waals surface area (Å²) in [6.07, 6.45) is -0.887. The van der Waals surface area contributed by atoms with Crippen LogP contribution in [-0.4, -0.2) is 27.9 Å². The third-order valence-electron chi connectivity index (χ3n) is 3.74. The summed E-state index contributed by atoms with van der Waals surface area (Å²) in [6.45, 7) is 0.0292. The Labute approximate surface area is 138 Å². The third kappa shape index (κ3) is 3.16. The molecule has 1 atom stereocenters. The molecule has 0 saturated carbocycles. The number of hydrogen-bond acceptors (Lipinski definition) is 6. The molecule has 2 aromatic rings. The summed E-state index contributed by atoms with van der Waals surface area (Å²) in [7, 11) is 4.30. The Balaban J connectivity index is 2.27. The third-order valence-corrected chi connectivity index (χ3v) is 3.74. The van der Waals surface area contributed by atoms with E-state index in [0.29, 0.717) is 11.3 Å². The van der Waals surface area contributed by atoms with Crippen LogP contribution in [0, 0.1) is 11.3 Å². The second kappa shape index (κ2) is 7.02. The Morgan fingerprint density at radius 2 is 1.88 bits per heavy atom. The highest BCUT2D eigenvalue weighted by Crippen LogP contribution is 2.18. The highest BCUT2D eigenvalue weighted by molar-refractivity contribution is 5.51. The molecular weight excluding hydrogens is 312 g/mol. The second-order valence-electron chi connectivity index (χ2n) is 5.21. The van der Waals surface area contributed by atoms with Crippen molar-refractivity contribution in [3.8, 4) is 11.8 Å². The molecule has 0 unspecified atom stereocenters. The van der Waals surface area contributed by atoms with E-state index in [0.717, 1.165) is 4.57 Å². The molecule has 0 aliphatic rings. The fourth-order valence-electron chi connectivity index (χ4n) is 2.29. The molecule has 2 N–H and O–H groups in total. The van der Waals surface area contributed by atoms with Gasteiger partial charge in [-0.1, -0.05) is 12.1 Å². The largest absolute Gasteiger partial charge is 0.497 e. The molecule has 8 nitrogen and oxygen atoms in total. The number of aliphatic hydroxyl groups excluding tert-OH is 1. The van der Waals surface area contributed by atoms with E-state index in [-0.39, 0.29) is 17.9 Å². The van der Waals surface area contributed by atoms with E-state index in [4.69, 9.17) is 4.74 Å². The Hall–Kier alpha value is -3.05. The maximum atomic E-state index is 12.0. The predicted molar refractivity (Wildman–Crippen MR) is 88.1 cm³/mol. The molecule has 0 amide bonds. The number of anilines is 1. The molecule has 24 heavy (non-hydrogen) atoms. The summed E-state index contributed by atoms with van der Waals surface area (Å²) in [5, 5.41) is 22.2. The van der Waals surface area contributed by atoms with Gasteiger partial charge in [-0.25, -0.2) is 4.79 Å². The molecule has 0 saturated heterocycles. The van der Waals surface area contributed by atoms with E-state index >= 15 is 0 Å². The maximum absolute atomic E-state index is 12.0. The fraction of sp³-hybridized carbons (Fsp3) is 0.312. The van der Waals surface area contributed by atoms with Crippen molar-refractivity contribution in [1.29, 1.82) is 5.26 Å². The lowest BCUT2D eigenvalue weighted by Crippen LogP contribution is -2.40. The molecule has 0 bridgehead atoms. The number of nitrogens with one attached hydrogen (secondary N) is 1. The van der Waals surface area contributed by atoms with Crippen LogP contribution >= 0.6 is 0 Å². The van der Waals surface area contributed by atoms with Gasteiger partial charge < -0.3 is 15.2 Å². The maximum Gasteiger partial charge on any atom is 0.332 e. The Bertz CT molecular complexity index is 891. The molecule has 126 valence electrons. The van der Waals surface area contributed by atoms with Crippen LogP contribution < -0.4 is 21.3 Å². The summed E-state index contributed by atoms with van der Waals surface area (Å²) in [4.78, 5) is 24.0. The molecule has 2 rings (SSSR count). The molecule has 0 spiro atoms. The van der Waals surface area contributed by atoms with Crippen LogP contribution in [0.5, 0.6) is 5.75 Å². The number of rotatable bonds is 5. The minimum Gasteiger partial charge on any atom is -0.497 e. The van der Waals surface area contributed by atoms with E-state index in [1.807, 2.05) is 0 Å². The average molecular weight is 330 g/mol. The van der Waals surface area contributed by atoms with Crippen molar-refractivity contribution >= 4 is 5.82 Å². The molecule has 0 radical (unpaired) electrons. The van der Waals surface area contributed by atoms with Gasteiger partial charge in [0.05, 0.1) is 13.2 Å². The zero-order valence-electron chi connectivity index (χ0n) is 13.6. The topological polar surface area (TPSA) is 109 Å². The number of nitrogens with zero attached hydrogens (tertiary/aromatic N) is 3. The fourth-order valence-corrected chi connectivity index (χ4v) is 2.29. The van der Waals surface area contributed by atoms with Crippen LogP contribution in [0.1, 0.15) is 17.2 Å². The van der Waals surface area contributed by atoms with Gasteiger partial charge in [0, 0.05) is 20.6 Å². The molecular formula is C16H18N4O4. The van der Waals surface area contributed by atoms with Gasteiger partial charge in [-0.15, -0.1) is 0 Å². The number of nitriles is 1. The molecule has 8 heteroatoms. The number of hydrogen-bond donors (Lipinski definition) is 2. The molecule has 1 aromatic heterocycles. The van der Waals surface area contributed by atoms with Gasteiger partial charge in [0.25, 0.3) is 5.56 Å². The minimum absolute atomic E-state index is 0.0292. The van der Waals surface area contributed by atoms with Crippen LogP contribution in [0.15, 0.2) is 33.9 Å². The Kier molecular flexibility index (Phi) is 5.06. The van der Waals surface area contributed by atoms with E-state index < -0.39 is 17.4 Å². The predicted octanol–water partition coefficient (Wildman–Crippen LogP) is 0.110. The number of ether oxygens (including phenoxy) is 1. The van der Waals surface area contributed by atoms with E-state index in [1.165, 1.54) is 18.7 Å². The van der Waals surface area contributed by atoms with Crippen molar-refractivity contribution < 1.29 is 9.84 Å². The van der Waals surface area contributed by atoms with Gasteiger partial charge in [-0.2, -0.15) is 5.26 Å². The number of aromatic nitrogens is 2. The zero-order chi connectivity index (χ0) is 17.9. The molecule has 0 fully saturated rings. The Morgan fingerprint density at radius 3 is 2.42 bits per heavy atom. The van der Waals surface area contributed by atoms with Crippen molar-refractivity contribution in [2.45, 2.75) is 6.10 Å². The van der Waals surface area contributed by atoms with Crippen LogP contribution in [0.25, 0.3) is 0 Å². The summed E-state index contributed by atoms with van der Waals surface area (Å²) < 4.78 is 7.09. The molecule has 1 heterocycles. The number of benzene rings is 1. The molecule has 0 aliphatic heterocycles. The van der Waals surface area contributed by atoms with Crippen LogP contribution in [0.4, 0.5) is 5.82 Å². The number of methoxy groups -OCH3 is 1. The van der Waals surface area contributed by atoms with Crippen molar-refractivity contribution in [2.24, 2.45) is 14.1 Å². The van der Waals surface area contributed by atoms with Gasteiger partial charge in [-0.3, -0.25) is 13.9 Å². The lowest BCUT2D eigenvalue weighted by atomic mass is 10.1. The van der Waals surface area contributed by atoms with Crippen molar-refractivity contribution in [3.05, 3.63) is 56.2 Å². The van der Waals surface area contributed by atoms with E-state index in [1.54, 1.807) is 37.4 Å². The first-order valence-electron chi connectivity index (χ1n) is 7.16. The Morgan fingerprint density at radius 1 is 1.25 bits per heavy atom. The quantitative estimate of drug-likeness (QED) is 0.805. The minimum atomic E-state index is -0.887. The lowest BCUT2D eigenvalue weighted by molar-refractivity contribution is 0.191. The van der Waals surface area contributed by atoms with Crippen molar-refractivity contribution in [3.63, 3.8) is 0 Å². The molecule has 0 aliphatic carbocycles. The van der Waals surface area contributed by atoms with Gasteiger partial charge in [0.2, 0.25) is 0 Å². The first-order valence-corrected chi connectivity index (χ1v) is 7.16.